The van der Waals surface area contributed by atoms with E-state index >= 15 is 0 Å². The molecule has 0 spiro atoms. The Labute approximate surface area is 137 Å². The summed E-state index contributed by atoms with van der Waals surface area (Å²) in [7, 11) is 3.21. The van der Waals surface area contributed by atoms with Gasteiger partial charge in [-0.1, -0.05) is 18.2 Å². The zero-order valence-electron chi connectivity index (χ0n) is 13.7. The third kappa shape index (κ3) is 5.49. The molecule has 0 saturated heterocycles. The second kappa shape index (κ2) is 9.06. The van der Waals surface area contributed by atoms with Crippen LogP contribution < -0.4 is 14.2 Å². The van der Waals surface area contributed by atoms with Crippen LogP contribution in [0, 0.1) is 0 Å². The molecule has 0 bridgehead atoms. The Hall–Kier alpha value is -2.20. The lowest BCUT2D eigenvalue weighted by Gasteiger charge is -2.14. The van der Waals surface area contributed by atoms with Gasteiger partial charge in [0.25, 0.3) is 0 Å². The van der Waals surface area contributed by atoms with Crippen molar-refractivity contribution in [3.05, 3.63) is 54.1 Å². The highest BCUT2D eigenvalue weighted by Gasteiger charge is 2.11. The minimum Gasteiger partial charge on any atom is -0.497 e. The first kappa shape index (κ1) is 17.2. The molecule has 0 fully saturated rings. The van der Waals surface area contributed by atoms with Crippen molar-refractivity contribution in [3.63, 3.8) is 0 Å². The number of benzene rings is 2. The SMILES string of the molecule is COc1cc(OC)cc(C(O)CCCCOc2ccccc2)c1. The molecule has 0 aromatic heterocycles. The highest BCUT2D eigenvalue weighted by Crippen LogP contribution is 2.28. The van der Waals surface area contributed by atoms with E-state index < -0.39 is 6.10 Å². The van der Waals surface area contributed by atoms with Gasteiger partial charge in [0.15, 0.2) is 0 Å². The predicted octanol–water partition coefficient (Wildman–Crippen LogP) is 3.99. The zero-order chi connectivity index (χ0) is 16.5. The molecule has 0 radical (unpaired) electrons. The number of aliphatic hydroxyl groups excluding tert-OH is 1. The smallest absolute Gasteiger partial charge is 0.122 e. The highest BCUT2D eigenvalue weighted by molar-refractivity contribution is 5.39. The molecule has 124 valence electrons. The Morgan fingerprint density at radius 1 is 0.870 bits per heavy atom. The fourth-order valence-corrected chi connectivity index (χ4v) is 2.33. The normalized spacial score (nSPS) is 11.8. The van der Waals surface area contributed by atoms with Crippen molar-refractivity contribution in [3.8, 4) is 17.2 Å². The van der Waals surface area contributed by atoms with Crippen LogP contribution in [0.3, 0.4) is 0 Å². The van der Waals surface area contributed by atoms with Crippen molar-refractivity contribution >= 4 is 0 Å². The van der Waals surface area contributed by atoms with Gasteiger partial charge in [-0.3, -0.25) is 0 Å². The summed E-state index contributed by atoms with van der Waals surface area (Å²) in [5, 5.41) is 10.3. The number of ether oxygens (including phenoxy) is 3. The first-order valence-electron chi connectivity index (χ1n) is 7.82. The van der Waals surface area contributed by atoms with Crippen molar-refractivity contribution in [2.45, 2.75) is 25.4 Å². The van der Waals surface area contributed by atoms with Crippen molar-refractivity contribution in [2.75, 3.05) is 20.8 Å². The summed E-state index contributed by atoms with van der Waals surface area (Å²) >= 11 is 0. The van der Waals surface area contributed by atoms with Gasteiger partial charge < -0.3 is 19.3 Å². The van der Waals surface area contributed by atoms with E-state index in [1.807, 2.05) is 42.5 Å². The number of unbranched alkanes of at least 4 members (excludes halogenated alkanes) is 1. The van der Waals surface area contributed by atoms with Crippen LogP contribution in [0.1, 0.15) is 30.9 Å². The Morgan fingerprint density at radius 3 is 2.13 bits per heavy atom. The topological polar surface area (TPSA) is 47.9 Å². The molecule has 4 nitrogen and oxygen atoms in total. The van der Waals surface area contributed by atoms with Crippen LogP contribution in [0.2, 0.25) is 0 Å². The van der Waals surface area contributed by atoms with Crippen LogP contribution in [-0.4, -0.2) is 25.9 Å². The molecule has 0 amide bonds. The van der Waals surface area contributed by atoms with E-state index in [1.54, 1.807) is 20.3 Å². The molecule has 0 aliphatic carbocycles. The van der Waals surface area contributed by atoms with Gasteiger partial charge >= 0.3 is 0 Å². The van der Waals surface area contributed by atoms with Gasteiger partial charge in [-0.15, -0.1) is 0 Å². The standard InChI is InChI=1S/C19H24O4/c1-21-17-12-15(13-18(14-17)22-2)19(20)10-6-7-11-23-16-8-4-3-5-9-16/h3-5,8-9,12-14,19-20H,6-7,10-11H2,1-2H3. The lowest BCUT2D eigenvalue weighted by atomic mass is 10.0. The summed E-state index contributed by atoms with van der Waals surface area (Å²) in [5.41, 5.74) is 0.810. The van der Waals surface area contributed by atoms with Crippen LogP contribution in [-0.2, 0) is 0 Å². The quantitative estimate of drug-likeness (QED) is 0.711. The molecule has 1 unspecified atom stereocenters. The monoisotopic (exact) mass is 316 g/mol. The van der Waals surface area contributed by atoms with Crippen LogP contribution in [0.15, 0.2) is 48.5 Å². The molecule has 1 N–H and O–H groups in total. The minimum absolute atomic E-state index is 0.532. The Bertz CT molecular complexity index is 561. The lowest BCUT2D eigenvalue weighted by molar-refractivity contribution is 0.160. The van der Waals surface area contributed by atoms with Gasteiger partial charge in [0, 0.05) is 6.07 Å². The van der Waals surface area contributed by atoms with Crippen LogP contribution >= 0.6 is 0 Å². The third-order valence-corrected chi connectivity index (χ3v) is 3.64. The molecule has 0 aliphatic rings. The molecule has 23 heavy (non-hydrogen) atoms. The van der Waals surface area contributed by atoms with Gasteiger partial charge in [-0.2, -0.15) is 0 Å². The maximum Gasteiger partial charge on any atom is 0.122 e. The number of aliphatic hydroxyl groups is 1. The van der Waals surface area contributed by atoms with Gasteiger partial charge in [-0.25, -0.2) is 0 Å². The van der Waals surface area contributed by atoms with Crippen LogP contribution in [0.5, 0.6) is 17.2 Å². The minimum atomic E-state index is -0.532. The fraction of sp³-hybridized carbons (Fsp3) is 0.368. The van der Waals surface area contributed by atoms with Crippen LogP contribution in [0.4, 0.5) is 0 Å². The number of methoxy groups -OCH3 is 2. The number of para-hydroxylation sites is 1. The number of hydrogen-bond donors (Lipinski definition) is 1. The molecular weight excluding hydrogens is 292 g/mol. The predicted molar refractivity (Wildman–Crippen MR) is 90.3 cm³/mol. The maximum atomic E-state index is 10.3. The first-order valence-corrected chi connectivity index (χ1v) is 7.82. The van der Waals surface area contributed by atoms with E-state index in [9.17, 15) is 5.11 Å². The van der Waals surface area contributed by atoms with Crippen molar-refractivity contribution in [1.82, 2.24) is 0 Å². The second-order valence-corrected chi connectivity index (χ2v) is 5.32. The summed E-state index contributed by atoms with van der Waals surface area (Å²) in [6.07, 6.45) is 1.92. The van der Waals surface area contributed by atoms with E-state index in [1.165, 1.54) is 0 Å². The number of rotatable bonds is 9. The lowest BCUT2D eigenvalue weighted by Crippen LogP contribution is -2.02. The molecule has 0 heterocycles. The molecule has 2 rings (SSSR count). The molecular formula is C19H24O4. The van der Waals surface area contributed by atoms with Crippen molar-refractivity contribution < 1.29 is 19.3 Å². The molecule has 0 aliphatic heterocycles. The Kier molecular flexibility index (Phi) is 6.76. The molecule has 4 heteroatoms. The Morgan fingerprint density at radius 2 is 1.52 bits per heavy atom. The van der Waals surface area contributed by atoms with Crippen molar-refractivity contribution in [1.29, 1.82) is 0 Å². The average molecular weight is 316 g/mol. The summed E-state index contributed by atoms with van der Waals surface area (Å²) in [4.78, 5) is 0. The van der Waals surface area contributed by atoms with E-state index in [0.29, 0.717) is 24.5 Å². The molecule has 2 aromatic rings. The average Bonchev–Trinajstić information content (AvgIpc) is 2.61. The van der Waals surface area contributed by atoms with E-state index in [4.69, 9.17) is 14.2 Å². The number of hydrogen-bond acceptors (Lipinski definition) is 4. The van der Waals surface area contributed by atoms with Crippen LogP contribution in [0.25, 0.3) is 0 Å². The second-order valence-electron chi connectivity index (χ2n) is 5.32. The summed E-state index contributed by atoms with van der Waals surface area (Å²) in [5.74, 6) is 2.25. The van der Waals surface area contributed by atoms with Gasteiger partial charge in [0.2, 0.25) is 0 Å². The molecule has 1 atom stereocenters. The largest absolute Gasteiger partial charge is 0.497 e. The third-order valence-electron chi connectivity index (χ3n) is 3.64. The summed E-state index contributed by atoms with van der Waals surface area (Å²) in [6, 6.07) is 15.2. The van der Waals surface area contributed by atoms with Crippen molar-refractivity contribution in [2.24, 2.45) is 0 Å². The summed E-state index contributed by atoms with van der Waals surface area (Å²) in [6.45, 7) is 0.651. The maximum absolute atomic E-state index is 10.3. The molecule has 2 aromatic carbocycles. The van der Waals surface area contributed by atoms with Gasteiger partial charge in [0.1, 0.15) is 17.2 Å². The first-order chi connectivity index (χ1) is 11.2. The zero-order valence-corrected chi connectivity index (χ0v) is 13.7. The Balaban J connectivity index is 1.77. The highest BCUT2D eigenvalue weighted by atomic mass is 16.5. The van der Waals surface area contributed by atoms with Gasteiger partial charge in [-0.05, 0) is 49.1 Å². The van der Waals surface area contributed by atoms with E-state index in [2.05, 4.69) is 0 Å². The molecule has 0 saturated carbocycles. The van der Waals surface area contributed by atoms with Gasteiger partial charge in [0.05, 0.1) is 26.9 Å². The fourth-order valence-electron chi connectivity index (χ4n) is 2.33. The van der Waals surface area contributed by atoms with E-state index in [0.717, 1.165) is 24.2 Å². The van der Waals surface area contributed by atoms with E-state index in [-0.39, 0.29) is 0 Å². The summed E-state index contributed by atoms with van der Waals surface area (Å²) < 4.78 is 16.1.